The fourth-order valence-corrected chi connectivity index (χ4v) is 3.82. The number of aryl methyl sites for hydroxylation is 1. The Labute approximate surface area is 179 Å². The van der Waals surface area contributed by atoms with Crippen molar-refractivity contribution in [2.45, 2.75) is 24.8 Å². The van der Waals surface area contributed by atoms with Gasteiger partial charge in [-0.3, -0.25) is 0 Å². The molecule has 0 spiro atoms. The number of methoxy groups -OCH3 is 1. The van der Waals surface area contributed by atoms with Gasteiger partial charge in [0, 0.05) is 13.0 Å². The van der Waals surface area contributed by atoms with Gasteiger partial charge < -0.3 is 10.1 Å². The van der Waals surface area contributed by atoms with E-state index in [9.17, 15) is 8.42 Å². The maximum Gasteiger partial charge on any atom is 0.304 e. The van der Waals surface area contributed by atoms with Gasteiger partial charge in [0.2, 0.25) is 21.9 Å². The number of imidazole rings is 1. The highest BCUT2D eigenvalue weighted by atomic mass is 32.2. The minimum Gasteiger partial charge on any atom is -0.468 e. The summed E-state index contributed by atoms with van der Waals surface area (Å²) in [7, 11) is -2.55. The molecular formula is C20H21N7O3S. The third-order valence-electron chi connectivity index (χ3n) is 4.59. The second-order valence-electron chi connectivity index (χ2n) is 6.67. The molecule has 0 aliphatic carbocycles. The molecule has 2 heterocycles. The number of hydrogen-bond donors (Lipinski definition) is 2. The summed E-state index contributed by atoms with van der Waals surface area (Å²) in [5.41, 5.74) is 1.70. The number of benzene rings is 2. The average Bonchev–Trinajstić information content (AvgIpc) is 3.16. The predicted octanol–water partition coefficient (Wildman–Crippen LogP) is 2.04. The fraction of sp³-hybridized carbons (Fsp3) is 0.200. The molecule has 0 saturated heterocycles. The number of nitrogens with two attached hydrogens (primary N) is 1. The lowest BCUT2D eigenvalue weighted by Gasteiger charge is -2.11. The predicted molar refractivity (Wildman–Crippen MR) is 116 cm³/mol. The van der Waals surface area contributed by atoms with Crippen LogP contribution in [0, 0.1) is 0 Å². The first kappa shape index (κ1) is 20.7. The van der Waals surface area contributed by atoms with Crippen molar-refractivity contribution in [3.05, 3.63) is 59.9 Å². The number of hydrogen-bond acceptors (Lipinski definition) is 8. The van der Waals surface area contributed by atoms with Crippen molar-refractivity contribution in [2.24, 2.45) is 5.14 Å². The molecule has 31 heavy (non-hydrogen) atoms. The molecule has 0 radical (unpaired) electrons. The summed E-state index contributed by atoms with van der Waals surface area (Å²) < 4.78 is 30.9. The van der Waals surface area contributed by atoms with Crippen molar-refractivity contribution < 1.29 is 13.2 Å². The van der Waals surface area contributed by atoms with Gasteiger partial charge in [-0.15, -0.1) is 0 Å². The third kappa shape index (κ3) is 4.18. The van der Waals surface area contributed by atoms with Crippen LogP contribution in [0.2, 0.25) is 0 Å². The molecule has 2 aromatic heterocycles. The molecule has 0 fully saturated rings. The summed E-state index contributed by atoms with van der Waals surface area (Å²) in [5.74, 6) is 1.21. The zero-order valence-electron chi connectivity index (χ0n) is 17.0. The lowest BCUT2D eigenvalue weighted by atomic mass is 10.2. The zero-order chi connectivity index (χ0) is 22.0. The molecule has 0 aliphatic rings. The second-order valence-corrected chi connectivity index (χ2v) is 8.20. The Morgan fingerprint density at radius 1 is 1.03 bits per heavy atom. The van der Waals surface area contributed by atoms with Gasteiger partial charge in [-0.25, -0.2) is 18.1 Å². The maximum absolute atomic E-state index is 12.0. The standard InChI is InChI=1S/C20H21N7O3S/c1-3-16-23-18(22-12-13-8-5-4-6-9-13)26-19(24-16)27-14-10-7-11-15(31(21,28)29)17(14)25-20(27)30-2/h4-11H,3,12H2,1-2H3,(H2,21,28,29)(H,22,23,24,26). The van der Waals surface area contributed by atoms with Crippen LogP contribution in [0.4, 0.5) is 5.95 Å². The van der Waals surface area contributed by atoms with E-state index in [1.807, 2.05) is 37.3 Å². The van der Waals surface area contributed by atoms with E-state index < -0.39 is 10.0 Å². The van der Waals surface area contributed by atoms with Gasteiger partial charge in [0.1, 0.15) is 16.2 Å². The van der Waals surface area contributed by atoms with Crippen LogP contribution in [0.5, 0.6) is 6.01 Å². The second kappa shape index (κ2) is 8.28. The van der Waals surface area contributed by atoms with Crippen LogP contribution in [0.15, 0.2) is 53.4 Å². The van der Waals surface area contributed by atoms with Crippen molar-refractivity contribution in [1.82, 2.24) is 24.5 Å². The number of nitrogens with zero attached hydrogens (tertiary/aromatic N) is 5. The summed E-state index contributed by atoms with van der Waals surface area (Å²) >= 11 is 0. The number of para-hydroxylation sites is 1. The third-order valence-corrected chi connectivity index (χ3v) is 5.53. The number of aromatic nitrogens is 5. The Morgan fingerprint density at radius 2 is 1.81 bits per heavy atom. The SMILES string of the molecule is CCc1nc(NCc2ccccc2)nc(-n2c(OC)nc3c(S(N)(=O)=O)cccc32)n1. The van der Waals surface area contributed by atoms with E-state index in [0.29, 0.717) is 30.3 Å². The molecule has 0 amide bonds. The van der Waals surface area contributed by atoms with Crippen molar-refractivity contribution in [3.63, 3.8) is 0 Å². The molecule has 11 heteroatoms. The molecule has 4 rings (SSSR count). The molecular weight excluding hydrogens is 418 g/mol. The van der Waals surface area contributed by atoms with Crippen molar-refractivity contribution in [2.75, 3.05) is 12.4 Å². The highest BCUT2D eigenvalue weighted by molar-refractivity contribution is 7.89. The largest absolute Gasteiger partial charge is 0.468 e. The topological polar surface area (TPSA) is 138 Å². The van der Waals surface area contributed by atoms with Gasteiger partial charge in [0.25, 0.3) is 0 Å². The van der Waals surface area contributed by atoms with Crippen LogP contribution in [0.25, 0.3) is 17.0 Å². The molecule has 10 nitrogen and oxygen atoms in total. The van der Waals surface area contributed by atoms with E-state index in [2.05, 4.69) is 25.3 Å². The summed E-state index contributed by atoms with van der Waals surface area (Å²) in [6, 6.07) is 14.7. The summed E-state index contributed by atoms with van der Waals surface area (Å²) in [4.78, 5) is 17.7. The van der Waals surface area contributed by atoms with E-state index in [1.165, 1.54) is 13.2 Å². The van der Waals surface area contributed by atoms with E-state index in [1.54, 1.807) is 16.7 Å². The van der Waals surface area contributed by atoms with Crippen LogP contribution in [0.3, 0.4) is 0 Å². The first-order valence-electron chi connectivity index (χ1n) is 9.52. The van der Waals surface area contributed by atoms with Gasteiger partial charge in [-0.05, 0) is 17.7 Å². The van der Waals surface area contributed by atoms with Crippen LogP contribution in [-0.4, -0.2) is 40.0 Å². The monoisotopic (exact) mass is 439 g/mol. The summed E-state index contributed by atoms with van der Waals surface area (Å²) in [6.07, 6.45) is 0.576. The van der Waals surface area contributed by atoms with Crippen LogP contribution >= 0.6 is 0 Å². The van der Waals surface area contributed by atoms with Gasteiger partial charge in [-0.2, -0.15) is 19.9 Å². The van der Waals surface area contributed by atoms with Gasteiger partial charge in [-0.1, -0.05) is 43.3 Å². The fourth-order valence-electron chi connectivity index (χ4n) is 3.13. The molecule has 3 N–H and O–H groups in total. The highest BCUT2D eigenvalue weighted by Gasteiger charge is 2.22. The first-order chi connectivity index (χ1) is 14.9. The molecule has 4 aromatic rings. The van der Waals surface area contributed by atoms with E-state index in [4.69, 9.17) is 9.88 Å². The first-order valence-corrected chi connectivity index (χ1v) is 11.1. The minimum absolute atomic E-state index is 0.103. The summed E-state index contributed by atoms with van der Waals surface area (Å²) in [5, 5.41) is 8.56. The van der Waals surface area contributed by atoms with E-state index >= 15 is 0 Å². The van der Waals surface area contributed by atoms with Crippen molar-refractivity contribution >= 4 is 27.0 Å². The molecule has 0 atom stereocenters. The molecule has 2 aromatic carbocycles. The Kier molecular flexibility index (Phi) is 5.53. The van der Waals surface area contributed by atoms with Crippen LogP contribution in [0.1, 0.15) is 18.3 Å². The minimum atomic E-state index is -3.98. The van der Waals surface area contributed by atoms with Crippen molar-refractivity contribution in [1.29, 1.82) is 0 Å². The Balaban J connectivity index is 1.83. The van der Waals surface area contributed by atoms with Crippen LogP contribution in [-0.2, 0) is 23.0 Å². The lowest BCUT2D eigenvalue weighted by Crippen LogP contribution is -2.13. The maximum atomic E-state index is 12.0. The Morgan fingerprint density at radius 3 is 2.48 bits per heavy atom. The Bertz CT molecular complexity index is 1340. The van der Waals surface area contributed by atoms with Crippen molar-refractivity contribution in [3.8, 4) is 12.0 Å². The van der Waals surface area contributed by atoms with E-state index in [-0.39, 0.29) is 22.4 Å². The molecule has 0 saturated carbocycles. The number of primary sulfonamides is 1. The summed E-state index contributed by atoms with van der Waals surface area (Å²) in [6.45, 7) is 2.47. The lowest BCUT2D eigenvalue weighted by molar-refractivity contribution is 0.374. The normalized spacial score (nSPS) is 11.6. The smallest absolute Gasteiger partial charge is 0.304 e. The van der Waals surface area contributed by atoms with Gasteiger partial charge in [0.05, 0.1) is 12.6 Å². The average molecular weight is 440 g/mol. The Hall–Kier alpha value is -3.57. The molecule has 0 unspecified atom stereocenters. The molecule has 0 bridgehead atoms. The highest BCUT2D eigenvalue weighted by Crippen LogP contribution is 2.29. The quantitative estimate of drug-likeness (QED) is 0.446. The number of sulfonamides is 1. The number of anilines is 1. The van der Waals surface area contributed by atoms with E-state index in [0.717, 1.165) is 5.56 Å². The van der Waals surface area contributed by atoms with Gasteiger partial charge in [0.15, 0.2) is 0 Å². The molecule has 0 aliphatic heterocycles. The number of rotatable bonds is 7. The van der Waals surface area contributed by atoms with Crippen LogP contribution < -0.4 is 15.2 Å². The number of ether oxygens (including phenoxy) is 1. The molecule has 160 valence electrons. The zero-order valence-corrected chi connectivity index (χ0v) is 17.8. The number of nitrogens with one attached hydrogen (secondary N) is 1. The number of fused-ring (bicyclic) bond motifs is 1. The van der Waals surface area contributed by atoms with Gasteiger partial charge >= 0.3 is 6.01 Å².